The van der Waals surface area contributed by atoms with Crippen molar-refractivity contribution in [2.75, 3.05) is 32.7 Å². The number of amides is 1. The van der Waals surface area contributed by atoms with Gasteiger partial charge in [0.1, 0.15) is 12.1 Å². The highest BCUT2D eigenvalue weighted by Crippen LogP contribution is 2.18. The lowest BCUT2D eigenvalue weighted by Crippen LogP contribution is -2.45. The minimum absolute atomic E-state index is 0.126. The van der Waals surface area contributed by atoms with Crippen LogP contribution in [0.4, 0.5) is 4.39 Å². The van der Waals surface area contributed by atoms with E-state index in [-0.39, 0.29) is 10.9 Å². The van der Waals surface area contributed by atoms with Crippen molar-refractivity contribution in [1.82, 2.24) is 19.7 Å². The van der Waals surface area contributed by atoms with Gasteiger partial charge in [-0.15, -0.1) is 0 Å². The fourth-order valence-electron chi connectivity index (χ4n) is 3.97. The van der Waals surface area contributed by atoms with Gasteiger partial charge >= 0.3 is 0 Å². The van der Waals surface area contributed by atoms with E-state index in [0.29, 0.717) is 31.2 Å². The third-order valence-electron chi connectivity index (χ3n) is 5.87. The number of hydrogen-bond acceptors (Lipinski definition) is 5. The number of benzene rings is 2. The lowest BCUT2D eigenvalue weighted by atomic mass is 10.2. The predicted octanol–water partition coefficient (Wildman–Crippen LogP) is 4.45. The number of carbonyl (C=O) groups excluding carboxylic acids is 1. The van der Waals surface area contributed by atoms with Crippen molar-refractivity contribution in [2.24, 2.45) is 0 Å². The van der Waals surface area contributed by atoms with Crippen LogP contribution in [0.25, 0.3) is 0 Å². The van der Waals surface area contributed by atoms with Gasteiger partial charge in [0.25, 0.3) is 5.91 Å². The molecule has 0 unspecified atom stereocenters. The highest BCUT2D eigenvalue weighted by molar-refractivity contribution is 6.30. The molecule has 6 nitrogen and oxygen atoms in total. The number of piperazine rings is 1. The van der Waals surface area contributed by atoms with Crippen molar-refractivity contribution in [1.29, 1.82) is 0 Å². The quantitative estimate of drug-likeness (QED) is 0.487. The van der Waals surface area contributed by atoms with Gasteiger partial charge < -0.3 is 9.32 Å². The fourth-order valence-corrected chi connectivity index (χ4v) is 4.17. The predicted molar refractivity (Wildman–Crippen MR) is 125 cm³/mol. The minimum atomic E-state index is -0.392. The van der Waals surface area contributed by atoms with Gasteiger partial charge in [0.05, 0.1) is 11.6 Å². The Kier molecular flexibility index (Phi) is 7.75. The first kappa shape index (κ1) is 23.4. The van der Waals surface area contributed by atoms with Gasteiger partial charge in [0.15, 0.2) is 5.69 Å². The van der Waals surface area contributed by atoms with E-state index in [9.17, 15) is 9.18 Å². The summed E-state index contributed by atoms with van der Waals surface area (Å²) in [6, 6.07) is 14.8. The van der Waals surface area contributed by atoms with E-state index < -0.39 is 5.82 Å². The molecule has 0 aliphatic carbocycles. The standard InChI is InChI=1S/C25H28ClFN4O2/c1-2-31(16-19-6-4-3-5-7-19)25(32)23-18-33-24(28-23)17-30-12-10-29(11-13-30)15-20-8-9-22(27)21(26)14-20/h3-9,14,18H,2,10-13,15-17H2,1H3. The average molecular weight is 471 g/mol. The second-order valence-corrected chi connectivity index (χ2v) is 8.64. The topological polar surface area (TPSA) is 52.8 Å². The van der Waals surface area contributed by atoms with Crippen LogP contribution >= 0.6 is 11.6 Å². The lowest BCUT2D eigenvalue weighted by Gasteiger charge is -2.34. The Morgan fingerprint density at radius 1 is 1.06 bits per heavy atom. The van der Waals surface area contributed by atoms with Crippen molar-refractivity contribution < 1.29 is 13.6 Å². The maximum atomic E-state index is 13.4. The van der Waals surface area contributed by atoms with Crippen molar-refractivity contribution in [2.45, 2.75) is 26.6 Å². The van der Waals surface area contributed by atoms with Gasteiger partial charge in [-0.2, -0.15) is 0 Å². The number of rotatable bonds is 8. The summed E-state index contributed by atoms with van der Waals surface area (Å²) in [5, 5.41) is 0.158. The molecule has 0 spiro atoms. The van der Waals surface area contributed by atoms with Crippen LogP contribution in [-0.2, 0) is 19.6 Å². The summed E-state index contributed by atoms with van der Waals surface area (Å²) >= 11 is 5.89. The molecule has 3 aromatic rings. The average Bonchev–Trinajstić information content (AvgIpc) is 3.30. The molecule has 1 aromatic heterocycles. The summed E-state index contributed by atoms with van der Waals surface area (Å²) in [5.74, 6) is 0.0307. The maximum Gasteiger partial charge on any atom is 0.276 e. The molecule has 2 aromatic carbocycles. The number of nitrogens with zero attached hydrogens (tertiary/aromatic N) is 4. The van der Waals surface area contributed by atoms with E-state index in [1.165, 1.54) is 12.3 Å². The Bertz CT molecular complexity index is 1070. The molecular weight excluding hydrogens is 443 g/mol. The van der Waals surface area contributed by atoms with Crippen LogP contribution in [0.5, 0.6) is 0 Å². The third-order valence-corrected chi connectivity index (χ3v) is 6.16. The van der Waals surface area contributed by atoms with Crippen LogP contribution in [0.3, 0.4) is 0 Å². The lowest BCUT2D eigenvalue weighted by molar-refractivity contribution is 0.0746. The van der Waals surface area contributed by atoms with Gasteiger partial charge in [-0.25, -0.2) is 9.37 Å². The van der Waals surface area contributed by atoms with Crippen LogP contribution in [0.15, 0.2) is 59.2 Å². The summed E-state index contributed by atoms with van der Waals surface area (Å²) in [4.78, 5) is 23.7. The van der Waals surface area contributed by atoms with E-state index in [1.807, 2.05) is 37.3 Å². The number of carbonyl (C=O) groups is 1. The molecule has 33 heavy (non-hydrogen) atoms. The first-order valence-electron chi connectivity index (χ1n) is 11.2. The zero-order chi connectivity index (χ0) is 23.2. The van der Waals surface area contributed by atoms with E-state index in [2.05, 4.69) is 14.8 Å². The van der Waals surface area contributed by atoms with E-state index >= 15 is 0 Å². The van der Waals surface area contributed by atoms with E-state index in [1.54, 1.807) is 17.0 Å². The highest BCUT2D eigenvalue weighted by Gasteiger charge is 2.22. The molecule has 2 heterocycles. The smallest absolute Gasteiger partial charge is 0.276 e. The number of oxazole rings is 1. The second-order valence-electron chi connectivity index (χ2n) is 8.23. The first-order valence-corrected chi connectivity index (χ1v) is 11.6. The Morgan fingerprint density at radius 3 is 2.42 bits per heavy atom. The molecular formula is C25H28ClFN4O2. The van der Waals surface area contributed by atoms with E-state index in [0.717, 1.165) is 43.9 Å². The minimum Gasteiger partial charge on any atom is -0.447 e. The Morgan fingerprint density at radius 2 is 1.76 bits per heavy atom. The van der Waals surface area contributed by atoms with Gasteiger partial charge in [-0.1, -0.05) is 48.0 Å². The van der Waals surface area contributed by atoms with Crippen LogP contribution in [-0.4, -0.2) is 58.3 Å². The number of halogens is 2. The molecule has 0 bridgehead atoms. The molecule has 0 N–H and O–H groups in total. The maximum absolute atomic E-state index is 13.4. The largest absolute Gasteiger partial charge is 0.447 e. The molecule has 8 heteroatoms. The van der Waals surface area contributed by atoms with Crippen molar-refractivity contribution in [3.63, 3.8) is 0 Å². The molecule has 0 saturated carbocycles. The molecule has 4 rings (SSSR count). The summed E-state index contributed by atoms with van der Waals surface area (Å²) < 4.78 is 19.0. The van der Waals surface area contributed by atoms with E-state index in [4.69, 9.17) is 16.0 Å². The normalized spacial score (nSPS) is 15.0. The van der Waals surface area contributed by atoms with Crippen molar-refractivity contribution >= 4 is 17.5 Å². The van der Waals surface area contributed by atoms with Gasteiger partial charge in [-0.3, -0.25) is 14.6 Å². The zero-order valence-electron chi connectivity index (χ0n) is 18.7. The monoisotopic (exact) mass is 470 g/mol. The highest BCUT2D eigenvalue weighted by atomic mass is 35.5. The Labute approximate surface area is 198 Å². The molecule has 0 radical (unpaired) electrons. The Balaban J connectivity index is 1.28. The van der Waals surface area contributed by atoms with Crippen LogP contribution in [0, 0.1) is 5.82 Å². The molecule has 1 amide bonds. The summed E-state index contributed by atoms with van der Waals surface area (Å²) in [7, 11) is 0. The van der Waals surface area contributed by atoms with Gasteiger partial charge in [0, 0.05) is 45.8 Å². The van der Waals surface area contributed by atoms with Crippen LogP contribution in [0.1, 0.15) is 34.4 Å². The van der Waals surface area contributed by atoms with Crippen molar-refractivity contribution in [3.8, 4) is 0 Å². The van der Waals surface area contributed by atoms with Gasteiger partial charge in [-0.05, 0) is 30.2 Å². The fraction of sp³-hybridized carbons (Fsp3) is 0.360. The first-order chi connectivity index (χ1) is 16.0. The molecule has 1 saturated heterocycles. The molecule has 0 atom stereocenters. The van der Waals surface area contributed by atoms with Crippen molar-refractivity contribution in [3.05, 3.63) is 88.3 Å². The van der Waals surface area contributed by atoms with Gasteiger partial charge in [0.2, 0.25) is 5.89 Å². The molecule has 1 aliphatic heterocycles. The Hall–Kier alpha value is -2.74. The van der Waals surface area contributed by atoms with Crippen LogP contribution < -0.4 is 0 Å². The second kappa shape index (κ2) is 10.9. The molecule has 1 aliphatic rings. The third kappa shape index (κ3) is 6.19. The molecule has 1 fully saturated rings. The van der Waals surface area contributed by atoms with Crippen LogP contribution in [0.2, 0.25) is 5.02 Å². The molecule has 174 valence electrons. The SMILES string of the molecule is CCN(Cc1ccccc1)C(=O)c1coc(CN2CCN(Cc3ccc(F)c(Cl)c3)CC2)n1. The number of hydrogen-bond donors (Lipinski definition) is 0. The summed E-state index contributed by atoms with van der Waals surface area (Å²) in [6.07, 6.45) is 1.46. The number of aromatic nitrogens is 1. The summed E-state index contributed by atoms with van der Waals surface area (Å²) in [5.41, 5.74) is 2.42. The zero-order valence-corrected chi connectivity index (χ0v) is 19.5. The summed E-state index contributed by atoms with van der Waals surface area (Å²) in [6.45, 7) is 7.86.